The Bertz CT molecular complexity index is 699. The number of benzene rings is 2. The Kier molecular flexibility index (Phi) is 6.10. The van der Waals surface area contributed by atoms with E-state index in [2.05, 4.69) is 24.5 Å². The molecule has 0 saturated heterocycles. The fraction of sp³-hybridized carbons (Fsp3) is 0.316. The summed E-state index contributed by atoms with van der Waals surface area (Å²) in [5, 5.41) is 6.35. The standard InChI is InChI=1S/C19H23ClN2O2/c1-12(2)17-7-5-6-13(3)18(17)22-19(23)21-14(4)24-16-10-8-15(20)9-11-16/h5-12,14H,1-4H3,(H2,21,22,23). The van der Waals surface area contributed by atoms with Crippen molar-refractivity contribution in [2.75, 3.05) is 5.32 Å². The zero-order chi connectivity index (χ0) is 17.7. The lowest BCUT2D eigenvalue weighted by atomic mass is 9.98. The van der Waals surface area contributed by atoms with Crippen molar-refractivity contribution in [1.29, 1.82) is 0 Å². The summed E-state index contributed by atoms with van der Waals surface area (Å²) in [5.41, 5.74) is 2.99. The molecule has 24 heavy (non-hydrogen) atoms. The molecule has 0 saturated carbocycles. The number of carbonyl (C=O) groups is 1. The maximum Gasteiger partial charge on any atom is 0.322 e. The number of anilines is 1. The second kappa shape index (κ2) is 8.06. The van der Waals surface area contributed by atoms with Crippen molar-refractivity contribution in [3.05, 3.63) is 58.6 Å². The van der Waals surface area contributed by atoms with Crippen LogP contribution in [0.15, 0.2) is 42.5 Å². The van der Waals surface area contributed by atoms with Crippen LogP contribution in [-0.2, 0) is 0 Å². The fourth-order valence-electron chi connectivity index (χ4n) is 2.42. The predicted molar refractivity (Wildman–Crippen MR) is 99.0 cm³/mol. The first-order valence-corrected chi connectivity index (χ1v) is 8.34. The monoisotopic (exact) mass is 346 g/mol. The molecule has 0 aliphatic carbocycles. The number of aryl methyl sites for hydroxylation is 1. The Labute approximate surface area is 148 Å². The Balaban J connectivity index is 1.99. The van der Waals surface area contributed by atoms with Gasteiger partial charge in [0, 0.05) is 10.7 Å². The van der Waals surface area contributed by atoms with E-state index in [1.807, 2.05) is 25.1 Å². The Hall–Kier alpha value is -2.20. The first-order chi connectivity index (χ1) is 11.4. The van der Waals surface area contributed by atoms with Crippen LogP contribution in [0.25, 0.3) is 0 Å². The number of amides is 2. The molecule has 0 radical (unpaired) electrons. The van der Waals surface area contributed by atoms with Gasteiger partial charge in [0.2, 0.25) is 0 Å². The summed E-state index contributed by atoms with van der Waals surface area (Å²) in [6, 6.07) is 12.7. The van der Waals surface area contributed by atoms with Crippen molar-refractivity contribution in [3.8, 4) is 5.75 Å². The largest absolute Gasteiger partial charge is 0.471 e. The van der Waals surface area contributed by atoms with Gasteiger partial charge in [-0.15, -0.1) is 0 Å². The third-order valence-electron chi connectivity index (χ3n) is 3.63. The van der Waals surface area contributed by atoms with E-state index in [1.54, 1.807) is 31.2 Å². The van der Waals surface area contributed by atoms with Gasteiger partial charge in [0.05, 0.1) is 0 Å². The maximum atomic E-state index is 12.3. The maximum absolute atomic E-state index is 12.3. The van der Waals surface area contributed by atoms with E-state index >= 15 is 0 Å². The Morgan fingerprint density at radius 3 is 2.38 bits per heavy atom. The number of ether oxygens (including phenoxy) is 1. The van der Waals surface area contributed by atoms with E-state index in [9.17, 15) is 4.79 Å². The van der Waals surface area contributed by atoms with Crippen LogP contribution in [0.2, 0.25) is 5.02 Å². The highest BCUT2D eigenvalue weighted by Gasteiger charge is 2.14. The van der Waals surface area contributed by atoms with Gasteiger partial charge in [0.15, 0.2) is 6.23 Å². The zero-order valence-electron chi connectivity index (χ0n) is 14.4. The smallest absolute Gasteiger partial charge is 0.322 e. The molecule has 0 aliphatic heterocycles. The predicted octanol–water partition coefficient (Wildman–Crippen LogP) is 5.32. The lowest BCUT2D eigenvalue weighted by Crippen LogP contribution is -2.39. The zero-order valence-corrected chi connectivity index (χ0v) is 15.1. The summed E-state index contributed by atoms with van der Waals surface area (Å²) in [7, 11) is 0. The van der Waals surface area contributed by atoms with Crippen LogP contribution < -0.4 is 15.4 Å². The molecule has 1 atom stereocenters. The molecule has 5 heteroatoms. The molecule has 0 heterocycles. The van der Waals surface area contributed by atoms with Crippen LogP contribution in [0, 0.1) is 6.92 Å². The lowest BCUT2D eigenvalue weighted by molar-refractivity contribution is 0.183. The van der Waals surface area contributed by atoms with E-state index in [-0.39, 0.29) is 6.03 Å². The molecule has 1 unspecified atom stereocenters. The first-order valence-electron chi connectivity index (χ1n) is 7.96. The molecule has 0 aliphatic rings. The molecule has 0 fully saturated rings. The fourth-order valence-corrected chi connectivity index (χ4v) is 2.55. The van der Waals surface area contributed by atoms with Gasteiger partial charge in [-0.2, -0.15) is 0 Å². The number of para-hydroxylation sites is 1. The van der Waals surface area contributed by atoms with Crippen molar-refractivity contribution >= 4 is 23.3 Å². The molecule has 0 spiro atoms. The summed E-state index contributed by atoms with van der Waals surface area (Å²) >= 11 is 5.84. The van der Waals surface area contributed by atoms with E-state index < -0.39 is 6.23 Å². The summed E-state index contributed by atoms with van der Waals surface area (Å²) in [6.07, 6.45) is -0.474. The lowest BCUT2D eigenvalue weighted by Gasteiger charge is -2.20. The molecule has 2 aromatic rings. The van der Waals surface area contributed by atoms with Crippen molar-refractivity contribution < 1.29 is 9.53 Å². The van der Waals surface area contributed by atoms with Gasteiger partial charge in [-0.1, -0.05) is 43.6 Å². The molecule has 128 valence electrons. The Morgan fingerprint density at radius 2 is 1.75 bits per heavy atom. The SMILES string of the molecule is Cc1cccc(C(C)C)c1NC(=O)NC(C)Oc1ccc(Cl)cc1. The van der Waals surface area contributed by atoms with Gasteiger partial charge in [-0.05, 0) is 55.2 Å². The van der Waals surface area contributed by atoms with Crippen molar-refractivity contribution in [2.24, 2.45) is 0 Å². The van der Waals surface area contributed by atoms with Crippen LogP contribution in [0.4, 0.5) is 10.5 Å². The van der Waals surface area contributed by atoms with Crippen LogP contribution in [-0.4, -0.2) is 12.3 Å². The first kappa shape index (κ1) is 18.1. The number of hydrogen-bond donors (Lipinski definition) is 2. The quantitative estimate of drug-likeness (QED) is 0.720. The highest BCUT2D eigenvalue weighted by atomic mass is 35.5. The minimum absolute atomic E-state index is 0.298. The number of nitrogens with one attached hydrogen (secondary N) is 2. The molecular weight excluding hydrogens is 324 g/mol. The molecule has 0 bridgehead atoms. The molecule has 2 aromatic carbocycles. The third kappa shape index (κ3) is 4.90. The van der Waals surface area contributed by atoms with Crippen molar-refractivity contribution in [3.63, 3.8) is 0 Å². The van der Waals surface area contributed by atoms with Crippen molar-refractivity contribution in [2.45, 2.75) is 39.8 Å². The summed E-state index contributed by atoms with van der Waals surface area (Å²) in [5.74, 6) is 0.967. The molecule has 2 N–H and O–H groups in total. The Morgan fingerprint density at radius 1 is 1.08 bits per heavy atom. The number of rotatable bonds is 5. The molecular formula is C19H23ClN2O2. The van der Waals surface area contributed by atoms with Gasteiger partial charge >= 0.3 is 6.03 Å². The van der Waals surface area contributed by atoms with E-state index in [0.717, 1.165) is 16.8 Å². The van der Waals surface area contributed by atoms with Gasteiger partial charge in [-0.25, -0.2) is 4.79 Å². The topological polar surface area (TPSA) is 50.4 Å². The minimum Gasteiger partial charge on any atom is -0.471 e. The summed E-state index contributed by atoms with van der Waals surface area (Å²) < 4.78 is 5.66. The average molecular weight is 347 g/mol. The number of halogens is 1. The molecule has 2 amide bonds. The normalized spacial score (nSPS) is 11.9. The van der Waals surface area contributed by atoms with Crippen molar-refractivity contribution in [1.82, 2.24) is 5.32 Å². The summed E-state index contributed by atoms with van der Waals surface area (Å²) in [6.45, 7) is 7.96. The highest BCUT2D eigenvalue weighted by Crippen LogP contribution is 2.27. The number of urea groups is 1. The van der Waals surface area contributed by atoms with Crippen LogP contribution in [0.5, 0.6) is 5.75 Å². The third-order valence-corrected chi connectivity index (χ3v) is 3.88. The van der Waals surface area contributed by atoms with Crippen LogP contribution >= 0.6 is 11.6 Å². The summed E-state index contributed by atoms with van der Waals surface area (Å²) in [4.78, 5) is 12.3. The number of carbonyl (C=O) groups excluding carboxylic acids is 1. The van der Waals surface area contributed by atoms with E-state index in [0.29, 0.717) is 16.7 Å². The van der Waals surface area contributed by atoms with Gasteiger partial charge in [0.25, 0.3) is 0 Å². The van der Waals surface area contributed by atoms with Gasteiger partial charge < -0.3 is 15.4 Å². The van der Waals surface area contributed by atoms with Crippen LogP contribution in [0.1, 0.15) is 37.8 Å². The molecule has 2 rings (SSSR count). The minimum atomic E-state index is -0.474. The molecule has 0 aromatic heterocycles. The average Bonchev–Trinajstić information content (AvgIpc) is 2.51. The van der Waals surface area contributed by atoms with Gasteiger partial charge in [0.1, 0.15) is 5.75 Å². The van der Waals surface area contributed by atoms with E-state index in [4.69, 9.17) is 16.3 Å². The second-order valence-corrected chi connectivity index (χ2v) is 6.44. The van der Waals surface area contributed by atoms with E-state index in [1.165, 1.54) is 0 Å². The molecule has 4 nitrogen and oxygen atoms in total. The highest BCUT2D eigenvalue weighted by molar-refractivity contribution is 6.30. The van der Waals surface area contributed by atoms with Gasteiger partial charge in [-0.3, -0.25) is 0 Å². The second-order valence-electron chi connectivity index (χ2n) is 6.01. The number of hydrogen-bond acceptors (Lipinski definition) is 2. The van der Waals surface area contributed by atoms with Crippen LogP contribution in [0.3, 0.4) is 0 Å².